The summed E-state index contributed by atoms with van der Waals surface area (Å²) in [7, 11) is 0. The molecule has 3 nitrogen and oxygen atoms in total. The molecule has 0 amide bonds. The molecule has 0 bridgehead atoms. The van der Waals surface area contributed by atoms with E-state index in [1.165, 1.54) is 11.3 Å². The summed E-state index contributed by atoms with van der Waals surface area (Å²) in [6.45, 7) is 0. The minimum Gasteiger partial charge on any atom is -0.264 e. The van der Waals surface area contributed by atoms with Crippen LogP contribution < -0.4 is 0 Å². The van der Waals surface area contributed by atoms with Crippen LogP contribution in [0, 0.1) is 3.95 Å². The fourth-order valence-electron chi connectivity index (χ4n) is 1.01. The topological polar surface area (TPSA) is 41.6 Å². The Bertz CT molecular complexity index is 432. The molecule has 0 radical (unpaired) electrons. The number of aromatic amines is 1. The fourth-order valence-corrected chi connectivity index (χ4v) is 1.98. The van der Waals surface area contributed by atoms with E-state index in [9.17, 15) is 0 Å². The van der Waals surface area contributed by atoms with Gasteiger partial charge in [0.2, 0.25) is 0 Å². The molecule has 2 rings (SSSR count). The van der Waals surface area contributed by atoms with Crippen molar-refractivity contribution < 1.29 is 0 Å². The lowest BCUT2D eigenvalue weighted by atomic mass is 10.2. The molecule has 0 aliphatic rings. The molecule has 2 heterocycles. The van der Waals surface area contributed by atoms with E-state index >= 15 is 0 Å². The summed E-state index contributed by atoms with van der Waals surface area (Å²) in [5.41, 5.74) is 1.15. The van der Waals surface area contributed by atoms with Crippen LogP contribution in [0.5, 0.6) is 0 Å². The first-order chi connectivity index (χ1) is 6.34. The van der Waals surface area contributed by atoms with E-state index in [4.69, 9.17) is 12.2 Å². The van der Waals surface area contributed by atoms with Crippen molar-refractivity contribution in [2.45, 2.75) is 6.42 Å². The molecule has 0 aromatic carbocycles. The molecule has 66 valence electrons. The van der Waals surface area contributed by atoms with E-state index in [0.29, 0.717) is 0 Å². The Morgan fingerprint density at radius 2 is 2.46 bits per heavy atom. The Balaban J connectivity index is 2.20. The summed E-state index contributed by atoms with van der Waals surface area (Å²) in [6.07, 6.45) is 4.39. The number of H-pyrrole nitrogens is 1. The van der Waals surface area contributed by atoms with Gasteiger partial charge in [-0.25, -0.2) is 0 Å². The third-order valence-corrected chi connectivity index (χ3v) is 2.65. The minimum absolute atomic E-state index is 0.721. The van der Waals surface area contributed by atoms with Gasteiger partial charge in [0, 0.05) is 18.8 Å². The van der Waals surface area contributed by atoms with Crippen molar-refractivity contribution in [3.8, 4) is 0 Å². The Morgan fingerprint density at radius 1 is 1.54 bits per heavy atom. The highest BCUT2D eigenvalue weighted by Crippen LogP contribution is 2.10. The predicted molar refractivity (Wildman–Crippen MR) is 54.3 cm³/mol. The van der Waals surface area contributed by atoms with Gasteiger partial charge in [-0.1, -0.05) is 17.4 Å². The summed E-state index contributed by atoms with van der Waals surface area (Å²) in [5, 5.41) is 7.82. The van der Waals surface area contributed by atoms with E-state index in [-0.39, 0.29) is 0 Å². The first-order valence-electron chi connectivity index (χ1n) is 3.78. The quantitative estimate of drug-likeness (QED) is 0.771. The Morgan fingerprint density at radius 3 is 3.08 bits per heavy atom. The summed E-state index contributed by atoms with van der Waals surface area (Å²) in [6, 6.07) is 3.94. The Labute approximate surface area is 84.5 Å². The number of rotatable bonds is 2. The van der Waals surface area contributed by atoms with Crippen LogP contribution in [0.3, 0.4) is 0 Å². The highest BCUT2D eigenvalue weighted by atomic mass is 32.1. The average Bonchev–Trinajstić information content (AvgIpc) is 2.53. The maximum Gasteiger partial charge on any atom is 0.176 e. The van der Waals surface area contributed by atoms with Gasteiger partial charge in [0.15, 0.2) is 3.95 Å². The lowest BCUT2D eigenvalue weighted by molar-refractivity contribution is 0.992. The van der Waals surface area contributed by atoms with Crippen molar-refractivity contribution in [1.29, 1.82) is 0 Å². The van der Waals surface area contributed by atoms with Crippen LogP contribution in [0.1, 0.15) is 10.6 Å². The van der Waals surface area contributed by atoms with Crippen LogP contribution in [0.2, 0.25) is 0 Å². The molecule has 13 heavy (non-hydrogen) atoms. The van der Waals surface area contributed by atoms with Crippen LogP contribution in [-0.4, -0.2) is 15.2 Å². The lowest BCUT2D eigenvalue weighted by Gasteiger charge is -1.93. The smallest absolute Gasteiger partial charge is 0.176 e. The second-order valence-electron chi connectivity index (χ2n) is 2.54. The maximum atomic E-state index is 4.93. The number of hydrogen-bond acceptors (Lipinski definition) is 4. The molecule has 0 unspecified atom stereocenters. The standard InChI is InChI=1S/C8H7N3S2/c12-8-11-10-7(13-8)4-6-2-1-3-9-5-6/h1-3,5H,4H2,(H,11,12). The van der Waals surface area contributed by atoms with Gasteiger partial charge in [-0.2, -0.15) is 5.10 Å². The minimum atomic E-state index is 0.721. The molecule has 2 aromatic rings. The number of aromatic nitrogens is 3. The molecule has 2 aromatic heterocycles. The molecule has 0 atom stereocenters. The molecule has 0 fully saturated rings. The van der Waals surface area contributed by atoms with E-state index < -0.39 is 0 Å². The van der Waals surface area contributed by atoms with Crippen molar-refractivity contribution in [3.05, 3.63) is 39.1 Å². The summed E-state index contributed by atoms with van der Waals surface area (Å²) >= 11 is 6.44. The molecule has 0 spiro atoms. The van der Waals surface area contributed by atoms with Crippen molar-refractivity contribution in [1.82, 2.24) is 15.2 Å². The molecule has 0 aliphatic carbocycles. The predicted octanol–water partition coefficient (Wildman–Crippen LogP) is 2.19. The van der Waals surface area contributed by atoms with Gasteiger partial charge >= 0.3 is 0 Å². The monoisotopic (exact) mass is 209 g/mol. The maximum absolute atomic E-state index is 4.93. The van der Waals surface area contributed by atoms with E-state index in [2.05, 4.69) is 15.2 Å². The van der Waals surface area contributed by atoms with Gasteiger partial charge in [-0.05, 0) is 23.8 Å². The van der Waals surface area contributed by atoms with Gasteiger partial charge < -0.3 is 0 Å². The molecular weight excluding hydrogens is 202 g/mol. The molecule has 0 saturated carbocycles. The number of nitrogens with one attached hydrogen (secondary N) is 1. The van der Waals surface area contributed by atoms with Crippen LogP contribution in [0.25, 0.3) is 0 Å². The third kappa shape index (κ3) is 2.19. The molecule has 0 saturated heterocycles. The van der Waals surface area contributed by atoms with Gasteiger partial charge in [0.05, 0.1) is 0 Å². The molecule has 1 N–H and O–H groups in total. The van der Waals surface area contributed by atoms with Gasteiger partial charge in [-0.15, -0.1) is 0 Å². The first kappa shape index (κ1) is 8.52. The van der Waals surface area contributed by atoms with Gasteiger partial charge in [-0.3, -0.25) is 10.1 Å². The Kier molecular flexibility index (Phi) is 2.47. The summed E-state index contributed by atoms with van der Waals surface area (Å²) in [4.78, 5) is 4.03. The van der Waals surface area contributed by atoms with Gasteiger partial charge in [0.1, 0.15) is 5.01 Å². The molecule has 5 heteroatoms. The third-order valence-electron chi connectivity index (χ3n) is 1.56. The lowest BCUT2D eigenvalue weighted by Crippen LogP contribution is -1.87. The highest BCUT2D eigenvalue weighted by Gasteiger charge is 1.98. The van der Waals surface area contributed by atoms with Crippen molar-refractivity contribution in [2.24, 2.45) is 0 Å². The molecular formula is C8H7N3S2. The van der Waals surface area contributed by atoms with Crippen molar-refractivity contribution >= 4 is 23.6 Å². The Hall–Kier alpha value is -1.07. The first-order valence-corrected chi connectivity index (χ1v) is 5.00. The van der Waals surface area contributed by atoms with Crippen molar-refractivity contribution in [3.63, 3.8) is 0 Å². The fraction of sp³-hybridized carbons (Fsp3) is 0.125. The zero-order valence-electron chi connectivity index (χ0n) is 6.73. The zero-order chi connectivity index (χ0) is 9.10. The molecule has 0 aliphatic heterocycles. The van der Waals surface area contributed by atoms with Crippen LogP contribution >= 0.6 is 23.6 Å². The summed E-state index contributed by atoms with van der Waals surface area (Å²) in [5.74, 6) is 0. The second-order valence-corrected chi connectivity index (χ2v) is 4.30. The highest BCUT2D eigenvalue weighted by molar-refractivity contribution is 7.73. The van der Waals surface area contributed by atoms with Gasteiger partial charge in [0.25, 0.3) is 0 Å². The number of pyridine rings is 1. The normalized spacial score (nSPS) is 10.2. The van der Waals surface area contributed by atoms with Crippen LogP contribution in [0.15, 0.2) is 24.5 Å². The van der Waals surface area contributed by atoms with Crippen molar-refractivity contribution in [2.75, 3.05) is 0 Å². The van der Waals surface area contributed by atoms with E-state index in [1.807, 2.05) is 18.3 Å². The largest absolute Gasteiger partial charge is 0.264 e. The number of hydrogen-bond donors (Lipinski definition) is 1. The van der Waals surface area contributed by atoms with Crippen LogP contribution in [-0.2, 0) is 6.42 Å². The summed E-state index contributed by atoms with van der Waals surface area (Å²) < 4.78 is 0.721. The van der Waals surface area contributed by atoms with Crippen LogP contribution in [0.4, 0.5) is 0 Å². The van der Waals surface area contributed by atoms with E-state index in [1.54, 1.807) is 6.20 Å². The number of nitrogens with zero attached hydrogens (tertiary/aromatic N) is 2. The second kappa shape index (κ2) is 3.76. The average molecular weight is 209 g/mol. The SMILES string of the molecule is S=c1[nH]nc(Cc2cccnc2)s1. The van der Waals surface area contributed by atoms with E-state index in [0.717, 1.165) is 20.9 Å². The zero-order valence-corrected chi connectivity index (χ0v) is 8.36.